The van der Waals surface area contributed by atoms with Crippen molar-refractivity contribution in [3.63, 3.8) is 0 Å². The summed E-state index contributed by atoms with van der Waals surface area (Å²) in [5, 5.41) is 6.10. The van der Waals surface area contributed by atoms with Gasteiger partial charge < -0.3 is 20.1 Å². The average Bonchev–Trinajstić information content (AvgIpc) is 2.62. The van der Waals surface area contributed by atoms with Crippen molar-refractivity contribution in [1.29, 1.82) is 0 Å². The molecule has 2 aromatic rings. The maximum Gasteiger partial charge on any atom is 0.251 e. The lowest BCUT2D eigenvalue weighted by atomic mass is 10.1. The van der Waals surface area contributed by atoms with Gasteiger partial charge in [-0.25, -0.2) is 4.98 Å². The molecule has 2 N–H and O–H groups in total. The van der Waals surface area contributed by atoms with Crippen LogP contribution >= 0.6 is 0 Å². The van der Waals surface area contributed by atoms with Gasteiger partial charge in [0.15, 0.2) is 0 Å². The van der Waals surface area contributed by atoms with Crippen molar-refractivity contribution in [2.45, 2.75) is 20.3 Å². The van der Waals surface area contributed by atoms with E-state index in [1.165, 1.54) is 0 Å². The number of carbonyl (C=O) groups excluding carboxylic acids is 1. The molecule has 2 rings (SSSR count). The monoisotopic (exact) mass is 343 g/mol. The topological polar surface area (TPSA) is 72.5 Å². The number of pyridine rings is 1. The molecule has 0 fully saturated rings. The Balaban J connectivity index is 2.10. The number of amides is 1. The van der Waals surface area contributed by atoms with Crippen molar-refractivity contribution >= 4 is 17.4 Å². The molecular formula is C19H25N3O3. The maximum atomic E-state index is 12.2. The molecule has 134 valence electrons. The molecule has 0 spiro atoms. The van der Waals surface area contributed by atoms with Crippen LogP contribution in [0.25, 0.3) is 0 Å². The van der Waals surface area contributed by atoms with Gasteiger partial charge >= 0.3 is 0 Å². The molecule has 1 aromatic carbocycles. The van der Waals surface area contributed by atoms with Crippen molar-refractivity contribution in [2.75, 3.05) is 26.1 Å². The van der Waals surface area contributed by atoms with Crippen LogP contribution in [0.5, 0.6) is 11.5 Å². The van der Waals surface area contributed by atoms with Gasteiger partial charge in [0.25, 0.3) is 5.91 Å². The number of aromatic nitrogens is 1. The number of nitrogens with one attached hydrogen (secondary N) is 2. The Bertz CT molecular complexity index is 717. The minimum absolute atomic E-state index is 0.104. The average molecular weight is 343 g/mol. The summed E-state index contributed by atoms with van der Waals surface area (Å²) >= 11 is 0. The zero-order valence-electron chi connectivity index (χ0n) is 15.1. The molecule has 0 radical (unpaired) electrons. The number of rotatable bonds is 8. The Morgan fingerprint density at radius 2 is 1.96 bits per heavy atom. The fourth-order valence-electron chi connectivity index (χ4n) is 2.26. The second-order valence-electron chi connectivity index (χ2n) is 6.06. The lowest BCUT2D eigenvalue weighted by molar-refractivity contribution is 0.0952. The summed E-state index contributed by atoms with van der Waals surface area (Å²) < 4.78 is 10.6. The number of hydrogen-bond acceptors (Lipinski definition) is 5. The van der Waals surface area contributed by atoms with Gasteiger partial charge in [-0.1, -0.05) is 13.8 Å². The summed E-state index contributed by atoms with van der Waals surface area (Å²) in [6.07, 6.45) is 2.56. The molecule has 1 amide bonds. The first-order valence-electron chi connectivity index (χ1n) is 8.26. The van der Waals surface area contributed by atoms with Crippen LogP contribution < -0.4 is 20.1 Å². The van der Waals surface area contributed by atoms with Gasteiger partial charge in [-0.2, -0.15) is 0 Å². The van der Waals surface area contributed by atoms with Gasteiger partial charge in [0.2, 0.25) is 0 Å². The van der Waals surface area contributed by atoms with Gasteiger partial charge in [0.05, 0.1) is 19.9 Å². The predicted molar refractivity (Wildman–Crippen MR) is 98.9 cm³/mol. The summed E-state index contributed by atoms with van der Waals surface area (Å²) in [4.78, 5) is 16.5. The molecule has 0 aliphatic rings. The molecule has 6 heteroatoms. The smallest absolute Gasteiger partial charge is 0.251 e. The van der Waals surface area contributed by atoms with Crippen LogP contribution in [0, 0.1) is 5.92 Å². The van der Waals surface area contributed by atoms with Crippen molar-refractivity contribution in [2.24, 2.45) is 5.92 Å². The first kappa shape index (κ1) is 18.6. The Morgan fingerprint density at radius 1 is 1.16 bits per heavy atom. The summed E-state index contributed by atoms with van der Waals surface area (Å²) in [7, 11) is 3.19. The molecule has 0 aliphatic carbocycles. The number of carbonyl (C=O) groups is 1. The number of anilines is 2. The van der Waals surface area contributed by atoms with Gasteiger partial charge in [-0.3, -0.25) is 4.79 Å². The first-order valence-corrected chi connectivity index (χ1v) is 8.26. The number of ether oxygens (including phenoxy) is 2. The molecule has 6 nitrogen and oxygen atoms in total. The van der Waals surface area contributed by atoms with Gasteiger partial charge in [-0.05, 0) is 36.6 Å². The molecule has 0 saturated carbocycles. The second-order valence-corrected chi connectivity index (χ2v) is 6.06. The lowest BCUT2D eigenvalue weighted by Crippen LogP contribution is -2.25. The van der Waals surface area contributed by atoms with Crippen molar-refractivity contribution < 1.29 is 14.3 Å². The summed E-state index contributed by atoms with van der Waals surface area (Å²) in [6.45, 7) is 4.92. The van der Waals surface area contributed by atoms with E-state index in [-0.39, 0.29) is 5.91 Å². The SMILES string of the molecule is COc1ccc(Nc2cc(C(=O)NCCC(C)C)ccn2)c(OC)c1. The van der Waals surface area contributed by atoms with E-state index in [0.29, 0.717) is 35.3 Å². The van der Waals surface area contributed by atoms with Crippen LogP contribution in [0.3, 0.4) is 0 Å². The first-order chi connectivity index (χ1) is 12.0. The Morgan fingerprint density at radius 3 is 2.64 bits per heavy atom. The zero-order valence-corrected chi connectivity index (χ0v) is 15.1. The van der Waals surface area contributed by atoms with E-state index in [1.54, 1.807) is 38.6 Å². The molecule has 0 atom stereocenters. The van der Waals surface area contributed by atoms with Crippen LogP contribution in [-0.2, 0) is 0 Å². The highest BCUT2D eigenvalue weighted by atomic mass is 16.5. The summed E-state index contributed by atoms with van der Waals surface area (Å²) in [6, 6.07) is 8.86. The van der Waals surface area contributed by atoms with E-state index < -0.39 is 0 Å². The largest absolute Gasteiger partial charge is 0.497 e. The van der Waals surface area contributed by atoms with Gasteiger partial charge in [0, 0.05) is 24.4 Å². The van der Waals surface area contributed by atoms with Crippen LogP contribution in [0.1, 0.15) is 30.6 Å². The second kappa shape index (κ2) is 8.92. The fraction of sp³-hybridized carbons (Fsp3) is 0.368. The fourth-order valence-corrected chi connectivity index (χ4v) is 2.26. The third-order valence-corrected chi connectivity index (χ3v) is 3.70. The predicted octanol–water partition coefficient (Wildman–Crippen LogP) is 3.62. The van der Waals surface area contributed by atoms with E-state index in [4.69, 9.17) is 9.47 Å². The van der Waals surface area contributed by atoms with E-state index >= 15 is 0 Å². The molecule has 0 bridgehead atoms. The molecule has 1 aromatic heterocycles. The third-order valence-electron chi connectivity index (χ3n) is 3.70. The third kappa shape index (κ3) is 5.38. The Labute approximate surface area is 148 Å². The van der Waals surface area contributed by atoms with Crippen LogP contribution in [0.15, 0.2) is 36.5 Å². The van der Waals surface area contributed by atoms with E-state index in [0.717, 1.165) is 12.1 Å². The van der Waals surface area contributed by atoms with Crippen LogP contribution in [0.4, 0.5) is 11.5 Å². The zero-order chi connectivity index (χ0) is 18.2. The normalized spacial score (nSPS) is 10.4. The molecule has 0 saturated heterocycles. The Hall–Kier alpha value is -2.76. The summed E-state index contributed by atoms with van der Waals surface area (Å²) in [5.74, 6) is 2.35. The highest BCUT2D eigenvalue weighted by molar-refractivity contribution is 5.94. The van der Waals surface area contributed by atoms with Crippen molar-refractivity contribution in [3.05, 3.63) is 42.1 Å². The number of nitrogens with zero attached hydrogens (tertiary/aromatic N) is 1. The molecule has 25 heavy (non-hydrogen) atoms. The maximum absolute atomic E-state index is 12.2. The minimum atomic E-state index is -0.104. The molecular weight excluding hydrogens is 318 g/mol. The standard InChI is InChI=1S/C19H25N3O3/c1-13(2)7-9-21-19(23)14-8-10-20-18(11-14)22-16-6-5-15(24-3)12-17(16)25-4/h5-6,8,10-13H,7,9H2,1-4H3,(H,20,22)(H,21,23). The van der Waals surface area contributed by atoms with E-state index in [1.807, 2.05) is 12.1 Å². The molecule has 0 unspecified atom stereocenters. The van der Waals surface area contributed by atoms with E-state index in [2.05, 4.69) is 29.5 Å². The molecule has 0 aliphatic heterocycles. The lowest BCUT2D eigenvalue weighted by Gasteiger charge is -2.13. The Kier molecular flexibility index (Phi) is 6.62. The number of benzene rings is 1. The van der Waals surface area contributed by atoms with Crippen LogP contribution in [-0.4, -0.2) is 31.7 Å². The van der Waals surface area contributed by atoms with Crippen molar-refractivity contribution in [1.82, 2.24) is 10.3 Å². The number of hydrogen-bond donors (Lipinski definition) is 2. The highest BCUT2D eigenvalue weighted by Crippen LogP contribution is 2.31. The quantitative estimate of drug-likeness (QED) is 0.766. The number of methoxy groups -OCH3 is 2. The van der Waals surface area contributed by atoms with Gasteiger partial charge in [0.1, 0.15) is 17.3 Å². The van der Waals surface area contributed by atoms with Gasteiger partial charge in [-0.15, -0.1) is 0 Å². The minimum Gasteiger partial charge on any atom is -0.497 e. The van der Waals surface area contributed by atoms with Crippen molar-refractivity contribution in [3.8, 4) is 11.5 Å². The highest BCUT2D eigenvalue weighted by Gasteiger charge is 2.09. The molecule has 1 heterocycles. The van der Waals surface area contributed by atoms with Crippen LogP contribution in [0.2, 0.25) is 0 Å². The van der Waals surface area contributed by atoms with E-state index in [9.17, 15) is 4.79 Å². The summed E-state index contributed by atoms with van der Waals surface area (Å²) in [5.41, 5.74) is 1.31.